The van der Waals surface area contributed by atoms with Crippen LogP contribution in [0.4, 0.5) is 11.5 Å². The molecule has 112 valence electrons. The van der Waals surface area contributed by atoms with Gasteiger partial charge in [-0.25, -0.2) is 4.79 Å². The molecule has 0 atom stereocenters. The van der Waals surface area contributed by atoms with Gasteiger partial charge in [0.2, 0.25) is 0 Å². The summed E-state index contributed by atoms with van der Waals surface area (Å²) in [7, 11) is 0. The molecule has 1 aromatic heterocycles. The van der Waals surface area contributed by atoms with E-state index < -0.39 is 0 Å². The summed E-state index contributed by atoms with van der Waals surface area (Å²) in [6.07, 6.45) is 1.37. The second-order valence-corrected chi connectivity index (χ2v) is 4.98. The SMILES string of the molecule is CCCn1c(=O)cc(N)n(CCc2ccc(N)cc2)c1=O. The molecular weight excluding hydrogens is 268 g/mol. The molecule has 0 saturated heterocycles. The smallest absolute Gasteiger partial charge is 0.332 e. The van der Waals surface area contributed by atoms with Gasteiger partial charge < -0.3 is 11.5 Å². The number of aromatic nitrogens is 2. The molecule has 0 amide bonds. The van der Waals surface area contributed by atoms with Gasteiger partial charge in [-0.15, -0.1) is 0 Å². The van der Waals surface area contributed by atoms with E-state index in [9.17, 15) is 9.59 Å². The van der Waals surface area contributed by atoms with Gasteiger partial charge >= 0.3 is 5.69 Å². The molecule has 2 rings (SSSR count). The Morgan fingerprint density at radius 3 is 2.29 bits per heavy atom. The van der Waals surface area contributed by atoms with Crippen LogP contribution in [0, 0.1) is 0 Å². The van der Waals surface area contributed by atoms with Crippen LogP contribution in [0.15, 0.2) is 39.9 Å². The Morgan fingerprint density at radius 2 is 1.67 bits per heavy atom. The van der Waals surface area contributed by atoms with Crippen LogP contribution in [0.1, 0.15) is 18.9 Å². The minimum atomic E-state index is -0.350. The third kappa shape index (κ3) is 3.34. The van der Waals surface area contributed by atoms with E-state index in [2.05, 4.69) is 0 Å². The molecule has 0 fully saturated rings. The molecule has 0 aliphatic heterocycles. The molecule has 2 aromatic rings. The molecular formula is C15H20N4O2. The van der Waals surface area contributed by atoms with Crippen molar-refractivity contribution in [2.24, 2.45) is 0 Å². The molecule has 0 aliphatic carbocycles. The zero-order valence-corrected chi connectivity index (χ0v) is 12.1. The molecule has 6 heteroatoms. The van der Waals surface area contributed by atoms with Crippen LogP contribution < -0.4 is 22.7 Å². The van der Waals surface area contributed by atoms with Gasteiger partial charge in [0.1, 0.15) is 5.82 Å². The van der Waals surface area contributed by atoms with E-state index in [1.165, 1.54) is 15.2 Å². The van der Waals surface area contributed by atoms with Crippen molar-refractivity contribution >= 4 is 11.5 Å². The molecule has 6 nitrogen and oxygen atoms in total. The van der Waals surface area contributed by atoms with E-state index in [-0.39, 0.29) is 17.1 Å². The normalized spacial score (nSPS) is 10.7. The number of nitrogen functional groups attached to an aromatic ring is 2. The van der Waals surface area contributed by atoms with Crippen LogP contribution in [-0.2, 0) is 19.5 Å². The first kappa shape index (κ1) is 14.9. The lowest BCUT2D eigenvalue weighted by atomic mass is 10.1. The second kappa shape index (κ2) is 6.30. The minimum Gasteiger partial charge on any atom is -0.399 e. The molecule has 0 bridgehead atoms. The maximum Gasteiger partial charge on any atom is 0.332 e. The molecule has 1 aromatic carbocycles. The van der Waals surface area contributed by atoms with Crippen molar-refractivity contribution in [2.75, 3.05) is 11.5 Å². The summed E-state index contributed by atoms with van der Waals surface area (Å²) >= 11 is 0. The quantitative estimate of drug-likeness (QED) is 0.796. The third-order valence-electron chi connectivity index (χ3n) is 3.36. The largest absolute Gasteiger partial charge is 0.399 e. The Bertz CT molecular complexity index is 729. The molecule has 0 unspecified atom stereocenters. The number of hydrogen-bond donors (Lipinski definition) is 2. The Hall–Kier alpha value is -2.50. The van der Waals surface area contributed by atoms with Crippen LogP contribution in [0.5, 0.6) is 0 Å². The van der Waals surface area contributed by atoms with E-state index in [1.807, 2.05) is 31.2 Å². The summed E-state index contributed by atoms with van der Waals surface area (Å²) in [5.41, 5.74) is 12.5. The van der Waals surface area contributed by atoms with Crippen molar-refractivity contribution < 1.29 is 0 Å². The van der Waals surface area contributed by atoms with Crippen LogP contribution >= 0.6 is 0 Å². The van der Waals surface area contributed by atoms with Crippen molar-refractivity contribution in [2.45, 2.75) is 32.9 Å². The van der Waals surface area contributed by atoms with Gasteiger partial charge in [-0.05, 0) is 30.5 Å². The van der Waals surface area contributed by atoms with Crippen molar-refractivity contribution in [3.63, 3.8) is 0 Å². The van der Waals surface area contributed by atoms with E-state index >= 15 is 0 Å². The molecule has 4 N–H and O–H groups in total. The predicted molar refractivity (Wildman–Crippen MR) is 84.2 cm³/mol. The van der Waals surface area contributed by atoms with Crippen molar-refractivity contribution in [1.82, 2.24) is 9.13 Å². The minimum absolute atomic E-state index is 0.202. The van der Waals surface area contributed by atoms with E-state index in [0.717, 1.165) is 12.0 Å². The first-order valence-electron chi connectivity index (χ1n) is 6.97. The highest BCUT2D eigenvalue weighted by molar-refractivity contribution is 5.39. The Kier molecular flexibility index (Phi) is 4.47. The van der Waals surface area contributed by atoms with E-state index in [0.29, 0.717) is 25.2 Å². The Labute approximate surface area is 122 Å². The number of benzene rings is 1. The Balaban J connectivity index is 2.27. The van der Waals surface area contributed by atoms with Crippen molar-refractivity contribution in [3.05, 3.63) is 56.7 Å². The highest BCUT2D eigenvalue weighted by Crippen LogP contribution is 2.07. The predicted octanol–water partition coefficient (Wildman–Crippen LogP) is 0.827. The van der Waals surface area contributed by atoms with Gasteiger partial charge in [-0.3, -0.25) is 13.9 Å². The lowest BCUT2D eigenvalue weighted by molar-refractivity contribution is 0.550. The fourth-order valence-corrected chi connectivity index (χ4v) is 2.21. The van der Waals surface area contributed by atoms with Gasteiger partial charge in [0.05, 0.1) is 0 Å². The third-order valence-corrected chi connectivity index (χ3v) is 3.36. The number of rotatable bonds is 5. The standard InChI is InChI=1S/C15H20N4O2/c1-2-8-19-14(20)10-13(17)18(15(19)21)9-7-11-3-5-12(16)6-4-11/h3-6,10H,2,7-9,16-17H2,1H3. The topological polar surface area (TPSA) is 96.0 Å². The first-order valence-corrected chi connectivity index (χ1v) is 6.97. The van der Waals surface area contributed by atoms with Gasteiger partial charge in [0.15, 0.2) is 0 Å². The number of hydrogen-bond acceptors (Lipinski definition) is 4. The molecule has 0 saturated carbocycles. The lowest BCUT2D eigenvalue weighted by Crippen LogP contribution is -2.40. The van der Waals surface area contributed by atoms with Crippen LogP contribution in [0.3, 0.4) is 0 Å². The van der Waals surface area contributed by atoms with Gasteiger partial charge in [0, 0.05) is 24.8 Å². The zero-order chi connectivity index (χ0) is 15.4. The number of nitrogens with zero attached hydrogens (tertiary/aromatic N) is 2. The summed E-state index contributed by atoms with van der Waals surface area (Å²) in [5.74, 6) is 0.202. The highest BCUT2D eigenvalue weighted by Gasteiger charge is 2.08. The fourth-order valence-electron chi connectivity index (χ4n) is 2.21. The summed E-state index contributed by atoms with van der Waals surface area (Å²) in [4.78, 5) is 24.1. The van der Waals surface area contributed by atoms with E-state index in [1.54, 1.807) is 0 Å². The molecule has 21 heavy (non-hydrogen) atoms. The maximum atomic E-state index is 12.3. The number of aryl methyl sites for hydroxylation is 1. The number of nitrogens with two attached hydrogens (primary N) is 2. The summed E-state index contributed by atoms with van der Waals surface area (Å²) in [6, 6.07) is 8.77. The molecule has 0 radical (unpaired) electrons. The van der Waals surface area contributed by atoms with Gasteiger partial charge in [0.25, 0.3) is 5.56 Å². The first-order chi connectivity index (χ1) is 10.0. The van der Waals surface area contributed by atoms with Gasteiger partial charge in [-0.2, -0.15) is 0 Å². The fraction of sp³-hybridized carbons (Fsp3) is 0.333. The second-order valence-electron chi connectivity index (χ2n) is 4.98. The molecule has 1 heterocycles. The average Bonchev–Trinajstić information content (AvgIpc) is 2.45. The molecule has 0 spiro atoms. The van der Waals surface area contributed by atoms with Crippen molar-refractivity contribution in [3.8, 4) is 0 Å². The molecule has 0 aliphatic rings. The average molecular weight is 288 g/mol. The van der Waals surface area contributed by atoms with Crippen molar-refractivity contribution in [1.29, 1.82) is 0 Å². The van der Waals surface area contributed by atoms with Gasteiger partial charge in [-0.1, -0.05) is 19.1 Å². The highest BCUT2D eigenvalue weighted by atomic mass is 16.2. The zero-order valence-electron chi connectivity index (χ0n) is 12.1. The summed E-state index contributed by atoms with van der Waals surface area (Å²) in [5, 5.41) is 0. The summed E-state index contributed by atoms with van der Waals surface area (Å²) < 4.78 is 2.66. The lowest BCUT2D eigenvalue weighted by Gasteiger charge is -2.12. The van der Waals surface area contributed by atoms with Crippen LogP contribution in [-0.4, -0.2) is 9.13 Å². The summed E-state index contributed by atoms with van der Waals surface area (Å²) in [6.45, 7) is 2.75. The number of anilines is 2. The van der Waals surface area contributed by atoms with Crippen LogP contribution in [0.2, 0.25) is 0 Å². The maximum absolute atomic E-state index is 12.3. The van der Waals surface area contributed by atoms with E-state index in [4.69, 9.17) is 11.5 Å². The Morgan fingerprint density at radius 1 is 1.00 bits per heavy atom. The van der Waals surface area contributed by atoms with Crippen LogP contribution in [0.25, 0.3) is 0 Å². The monoisotopic (exact) mass is 288 g/mol.